The normalized spacial score (nSPS) is 28.0. The summed E-state index contributed by atoms with van der Waals surface area (Å²) in [5, 5.41) is 13.6. The molecule has 3 aliphatic carbocycles. The number of hydrogen-bond acceptors (Lipinski definition) is 9. The molecule has 10 nitrogen and oxygen atoms in total. The van der Waals surface area contributed by atoms with Crippen molar-refractivity contribution in [2.45, 2.75) is 89.2 Å². The molecule has 1 aromatic carbocycles. The lowest BCUT2D eigenvalue weighted by Gasteiger charge is -2.49. The Labute approximate surface area is 255 Å². The van der Waals surface area contributed by atoms with Crippen molar-refractivity contribution in [1.82, 2.24) is 24.8 Å². The average molecular weight is 605 g/mol. The van der Waals surface area contributed by atoms with Gasteiger partial charge in [0.1, 0.15) is 6.61 Å². The molecule has 3 atom stereocenters. The van der Waals surface area contributed by atoms with E-state index in [1.54, 1.807) is 12.4 Å². The Morgan fingerprint density at radius 1 is 1.05 bits per heavy atom. The first-order valence-corrected chi connectivity index (χ1v) is 16.6. The summed E-state index contributed by atoms with van der Waals surface area (Å²) >= 11 is 1.48. The number of carbonyl (C=O) groups excluding carboxylic acids is 2. The Morgan fingerprint density at radius 3 is 2.53 bits per heavy atom. The highest BCUT2D eigenvalue weighted by molar-refractivity contribution is 7.22. The smallest absolute Gasteiger partial charge is 0.229 e. The van der Waals surface area contributed by atoms with Crippen molar-refractivity contribution in [1.29, 1.82) is 0 Å². The predicted octanol–water partition coefficient (Wildman–Crippen LogP) is 4.23. The number of aliphatic hydroxyl groups excluding tert-OH is 1. The Hall–Kier alpha value is -2.99. The molecular formula is C32H40N6O4S. The second-order valence-electron chi connectivity index (χ2n) is 12.7. The number of piperazine rings is 1. The van der Waals surface area contributed by atoms with E-state index in [4.69, 9.17) is 4.74 Å². The zero-order valence-corrected chi connectivity index (χ0v) is 25.5. The summed E-state index contributed by atoms with van der Waals surface area (Å²) in [6.45, 7) is 4.99. The van der Waals surface area contributed by atoms with Gasteiger partial charge in [0.2, 0.25) is 11.8 Å². The molecule has 1 saturated heterocycles. The number of thiazole rings is 1. The minimum absolute atomic E-state index is 0.00835. The first-order chi connectivity index (χ1) is 20.9. The van der Waals surface area contributed by atoms with Crippen LogP contribution in [-0.2, 0) is 20.9 Å². The van der Waals surface area contributed by atoms with Crippen molar-refractivity contribution in [3.63, 3.8) is 0 Å². The summed E-state index contributed by atoms with van der Waals surface area (Å²) in [6, 6.07) is 6.74. The lowest BCUT2D eigenvalue weighted by Crippen LogP contribution is -2.61. The molecule has 0 bridgehead atoms. The van der Waals surface area contributed by atoms with Gasteiger partial charge in [0.05, 0.1) is 22.4 Å². The highest BCUT2D eigenvalue weighted by atomic mass is 32.1. The fourth-order valence-corrected chi connectivity index (χ4v) is 7.83. The fourth-order valence-electron chi connectivity index (χ4n) is 6.93. The van der Waals surface area contributed by atoms with E-state index in [9.17, 15) is 14.7 Å². The minimum Gasteiger partial charge on any atom is -0.390 e. The molecule has 7 rings (SSSR count). The molecule has 43 heavy (non-hydrogen) atoms. The largest absolute Gasteiger partial charge is 0.390 e. The standard InChI is InChI=1S/C32H40N6O4S/c1-19-17-37(31(41)20-4-2-5-20)10-11-38(19)24-12-22(13-24)30(40)36-32-35-25-9-8-21(14-28(25)43-32)23-15-33-29(34-16-23)18-42-27-7-3-6-26(27)39/h8-9,14-16,19-20,22,24,26-27,39H,2-7,10-13,17-18H2,1H3,(H,35,36,40)/t19-,22?,24?,26-,27-/m0/s1. The van der Waals surface area contributed by atoms with Gasteiger partial charge in [-0.2, -0.15) is 0 Å². The van der Waals surface area contributed by atoms with Crippen LogP contribution in [0.5, 0.6) is 0 Å². The molecule has 0 spiro atoms. The van der Waals surface area contributed by atoms with Gasteiger partial charge < -0.3 is 20.1 Å². The highest BCUT2D eigenvalue weighted by Crippen LogP contribution is 2.37. The lowest BCUT2D eigenvalue weighted by atomic mass is 9.77. The number of anilines is 1. The topological polar surface area (TPSA) is 121 Å². The van der Waals surface area contributed by atoms with Crippen molar-refractivity contribution in [2.75, 3.05) is 25.0 Å². The number of aliphatic hydroxyl groups is 1. The van der Waals surface area contributed by atoms with Crippen molar-refractivity contribution in [2.24, 2.45) is 11.8 Å². The molecule has 0 unspecified atom stereocenters. The number of fused-ring (bicyclic) bond motifs is 1. The van der Waals surface area contributed by atoms with Crippen molar-refractivity contribution in [3.05, 3.63) is 36.4 Å². The van der Waals surface area contributed by atoms with E-state index >= 15 is 0 Å². The summed E-state index contributed by atoms with van der Waals surface area (Å²) in [4.78, 5) is 43.9. The van der Waals surface area contributed by atoms with Crippen LogP contribution < -0.4 is 5.32 Å². The number of hydrogen-bond donors (Lipinski definition) is 2. The Bertz CT molecular complexity index is 1470. The first kappa shape index (κ1) is 28.8. The summed E-state index contributed by atoms with van der Waals surface area (Å²) < 4.78 is 6.79. The highest BCUT2D eigenvalue weighted by Gasteiger charge is 2.42. The van der Waals surface area contributed by atoms with Crippen LogP contribution in [0.4, 0.5) is 5.13 Å². The van der Waals surface area contributed by atoms with E-state index < -0.39 is 6.10 Å². The molecule has 4 aliphatic rings. The zero-order chi connectivity index (χ0) is 29.5. The Kier molecular flexibility index (Phi) is 8.15. The van der Waals surface area contributed by atoms with Crippen molar-refractivity contribution >= 4 is 38.5 Å². The Morgan fingerprint density at radius 2 is 1.84 bits per heavy atom. The van der Waals surface area contributed by atoms with Gasteiger partial charge in [0.15, 0.2) is 11.0 Å². The van der Waals surface area contributed by atoms with Crippen LogP contribution in [0.2, 0.25) is 0 Å². The third-order valence-corrected chi connectivity index (χ3v) is 10.8. The van der Waals surface area contributed by atoms with E-state index in [0.29, 0.717) is 28.9 Å². The molecule has 4 fully saturated rings. The van der Waals surface area contributed by atoms with Crippen LogP contribution in [0.1, 0.15) is 64.1 Å². The number of rotatable bonds is 8. The van der Waals surface area contributed by atoms with Gasteiger partial charge in [-0.3, -0.25) is 14.5 Å². The molecule has 2 amide bonds. The fraction of sp³-hybridized carbons (Fsp3) is 0.594. The van der Waals surface area contributed by atoms with Crippen LogP contribution in [0.25, 0.3) is 21.3 Å². The van der Waals surface area contributed by atoms with E-state index in [0.717, 1.165) is 85.9 Å². The molecule has 3 aromatic rings. The van der Waals surface area contributed by atoms with Crippen LogP contribution in [0, 0.1) is 11.8 Å². The predicted molar refractivity (Wildman–Crippen MR) is 164 cm³/mol. The van der Waals surface area contributed by atoms with Gasteiger partial charge in [0.25, 0.3) is 0 Å². The molecule has 2 N–H and O–H groups in total. The third-order valence-electron chi connectivity index (χ3n) is 9.90. The number of carbonyl (C=O) groups is 2. The van der Waals surface area contributed by atoms with E-state index in [1.807, 2.05) is 12.1 Å². The molecular weight excluding hydrogens is 564 g/mol. The second kappa shape index (κ2) is 12.2. The number of nitrogens with one attached hydrogen (secondary N) is 1. The zero-order valence-electron chi connectivity index (χ0n) is 24.7. The quantitative estimate of drug-likeness (QED) is 0.392. The molecule has 3 saturated carbocycles. The SMILES string of the molecule is C[C@H]1CN(C(=O)C2CCC2)CCN1C1CC(C(=O)Nc2nc3ccc(-c4cnc(CO[C@H]5CCC[C@@H]5O)nc4)cc3s2)C1. The minimum atomic E-state index is -0.393. The van der Waals surface area contributed by atoms with Crippen LogP contribution in [-0.4, -0.2) is 85.6 Å². The summed E-state index contributed by atoms with van der Waals surface area (Å²) in [5.41, 5.74) is 2.73. The van der Waals surface area contributed by atoms with Crippen molar-refractivity contribution in [3.8, 4) is 11.1 Å². The van der Waals surface area contributed by atoms with E-state index in [2.05, 4.69) is 43.1 Å². The number of benzene rings is 1. The molecule has 2 aromatic heterocycles. The second-order valence-corrected chi connectivity index (χ2v) is 13.8. The van der Waals surface area contributed by atoms with Gasteiger partial charge in [-0.05, 0) is 69.6 Å². The van der Waals surface area contributed by atoms with E-state index in [-0.39, 0.29) is 30.5 Å². The number of nitrogens with zero attached hydrogens (tertiary/aromatic N) is 5. The summed E-state index contributed by atoms with van der Waals surface area (Å²) in [7, 11) is 0. The average Bonchev–Trinajstić information content (AvgIpc) is 3.55. The lowest BCUT2D eigenvalue weighted by molar-refractivity contribution is -0.142. The van der Waals surface area contributed by atoms with E-state index in [1.165, 1.54) is 17.8 Å². The van der Waals surface area contributed by atoms with Gasteiger partial charge in [-0.25, -0.2) is 15.0 Å². The number of amides is 2. The van der Waals surface area contributed by atoms with Crippen LogP contribution >= 0.6 is 11.3 Å². The molecule has 3 heterocycles. The first-order valence-electron chi connectivity index (χ1n) is 15.8. The molecule has 0 radical (unpaired) electrons. The molecule has 228 valence electrons. The van der Waals surface area contributed by atoms with Gasteiger partial charge in [-0.1, -0.05) is 23.8 Å². The summed E-state index contributed by atoms with van der Waals surface area (Å²) in [5.74, 6) is 1.23. The van der Waals surface area contributed by atoms with Gasteiger partial charge >= 0.3 is 0 Å². The van der Waals surface area contributed by atoms with Gasteiger partial charge in [0, 0.05) is 61.5 Å². The van der Waals surface area contributed by atoms with Crippen LogP contribution in [0.15, 0.2) is 30.6 Å². The van der Waals surface area contributed by atoms with Crippen LogP contribution in [0.3, 0.4) is 0 Å². The van der Waals surface area contributed by atoms with Crippen molar-refractivity contribution < 1.29 is 19.4 Å². The third kappa shape index (κ3) is 6.05. The Balaban J connectivity index is 0.906. The number of ether oxygens (including phenoxy) is 1. The number of aromatic nitrogens is 3. The molecule has 1 aliphatic heterocycles. The maximum atomic E-state index is 13.1. The maximum absolute atomic E-state index is 13.1. The maximum Gasteiger partial charge on any atom is 0.229 e. The monoisotopic (exact) mass is 604 g/mol. The molecule has 11 heteroatoms. The summed E-state index contributed by atoms with van der Waals surface area (Å²) in [6.07, 6.45) is 10.7. The van der Waals surface area contributed by atoms with Gasteiger partial charge in [-0.15, -0.1) is 0 Å².